The van der Waals surface area contributed by atoms with Crippen molar-refractivity contribution in [2.75, 3.05) is 32.8 Å². The lowest BCUT2D eigenvalue weighted by Crippen LogP contribution is -2.60. The molecule has 0 radical (unpaired) electrons. The summed E-state index contributed by atoms with van der Waals surface area (Å²) in [6.07, 6.45) is -0.367. The third-order valence-electron chi connectivity index (χ3n) is 3.36. The molecule has 1 heterocycles. The summed E-state index contributed by atoms with van der Waals surface area (Å²) in [6.45, 7) is 12.8. The summed E-state index contributed by atoms with van der Waals surface area (Å²) in [5, 5.41) is 0. The molecule has 0 saturated carbocycles. The van der Waals surface area contributed by atoms with Gasteiger partial charge in [-0.3, -0.25) is 4.79 Å². The van der Waals surface area contributed by atoms with Crippen LogP contribution in [0.25, 0.3) is 0 Å². The van der Waals surface area contributed by atoms with E-state index in [0.29, 0.717) is 26.2 Å². The molecule has 1 rings (SSSR count). The number of carbonyl (C=O) groups excluding carboxylic acids is 2. The highest BCUT2D eigenvalue weighted by Gasteiger charge is 2.33. The fourth-order valence-corrected chi connectivity index (χ4v) is 2.24. The van der Waals surface area contributed by atoms with Crippen molar-refractivity contribution < 1.29 is 19.1 Å². The number of amides is 2. The molecule has 1 aliphatic rings. The Balaban J connectivity index is 2.62. The van der Waals surface area contributed by atoms with E-state index in [2.05, 4.69) is 0 Å². The van der Waals surface area contributed by atoms with E-state index in [1.54, 1.807) is 9.80 Å². The van der Waals surface area contributed by atoms with Crippen molar-refractivity contribution in [3.63, 3.8) is 0 Å². The summed E-state index contributed by atoms with van der Waals surface area (Å²) in [6, 6.07) is -0.215. The summed E-state index contributed by atoms with van der Waals surface area (Å²) < 4.78 is 10.9. The highest BCUT2D eigenvalue weighted by molar-refractivity contribution is 5.78. The highest BCUT2D eigenvalue weighted by atomic mass is 16.6. The zero-order valence-electron chi connectivity index (χ0n) is 15.2. The molecule has 0 aliphatic carbocycles. The number of rotatable bonds is 3. The average molecular weight is 329 g/mol. The smallest absolute Gasteiger partial charge is 0.410 e. The summed E-state index contributed by atoms with van der Waals surface area (Å²) >= 11 is 0. The molecule has 0 bridgehead atoms. The SMILES string of the molecule is CC(C)(C)OCC(=O)N1CCN(C(=O)OC(C)(C)C)CC1CN. The number of nitrogens with two attached hydrogens (primary N) is 1. The van der Waals surface area contributed by atoms with E-state index in [9.17, 15) is 9.59 Å². The van der Waals surface area contributed by atoms with Gasteiger partial charge in [0.25, 0.3) is 0 Å². The van der Waals surface area contributed by atoms with Crippen LogP contribution in [0.1, 0.15) is 41.5 Å². The Hall–Kier alpha value is -1.34. The van der Waals surface area contributed by atoms with Crippen molar-refractivity contribution in [1.82, 2.24) is 9.80 Å². The Morgan fingerprint density at radius 2 is 1.70 bits per heavy atom. The molecule has 2 N–H and O–H groups in total. The first kappa shape index (κ1) is 19.7. The number of hydrogen-bond donors (Lipinski definition) is 1. The quantitative estimate of drug-likeness (QED) is 0.841. The van der Waals surface area contributed by atoms with Crippen molar-refractivity contribution in [1.29, 1.82) is 0 Å². The number of piperazine rings is 1. The molecule has 134 valence electrons. The summed E-state index contributed by atoms with van der Waals surface area (Å²) in [5.74, 6) is -0.0980. The third kappa shape index (κ3) is 6.74. The van der Waals surface area contributed by atoms with Gasteiger partial charge in [-0.25, -0.2) is 4.79 Å². The van der Waals surface area contributed by atoms with Crippen molar-refractivity contribution in [2.24, 2.45) is 5.73 Å². The molecule has 1 aliphatic heterocycles. The van der Waals surface area contributed by atoms with Crippen molar-refractivity contribution in [3.8, 4) is 0 Å². The molecule has 0 aromatic rings. The molecule has 0 aromatic heterocycles. The lowest BCUT2D eigenvalue weighted by Gasteiger charge is -2.41. The Kier molecular flexibility index (Phi) is 6.41. The molecule has 0 spiro atoms. The van der Waals surface area contributed by atoms with E-state index in [-0.39, 0.29) is 30.3 Å². The van der Waals surface area contributed by atoms with Crippen molar-refractivity contribution in [3.05, 3.63) is 0 Å². The van der Waals surface area contributed by atoms with Crippen LogP contribution in [0.5, 0.6) is 0 Å². The minimum Gasteiger partial charge on any atom is -0.444 e. The van der Waals surface area contributed by atoms with Crippen LogP contribution in [-0.4, -0.2) is 71.8 Å². The van der Waals surface area contributed by atoms with Gasteiger partial charge in [0.2, 0.25) is 5.91 Å². The fraction of sp³-hybridized carbons (Fsp3) is 0.875. The number of nitrogens with zero attached hydrogens (tertiary/aromatic N) is 2. The molecule has 1 fully saturated rings. The van der Waals surface area contributed by atoms with Gasteiger partial charge in [-0.1, -0.05) is 0 Å². The maximum atomic E-state index is 12.3. The maximum Gasteiger partial charge on any atom is 0.410 e. The molecule has 2 amide bonds. The fourth-order valence-electron chi connectivity index (χ4n) is 2.24. The molecular weight excluding hydrogens is 298 g/mol. The van der Waals surface area contributed by atoms with Crippen molar-refractivity contribution in [2.45, 2.75) is 58.8 Å². The van der Waals surface area contributed by atoms with Gasteiger partial charge in [-0.05, 0) is 41.5 Å². The normalized spacial score (nSPS) is 19.7. The van der Waals surface area contributed by atoms with E-state index >= 15 is 0 Å². The van der Waals surface area contributed by atoms with Crippen molar-refractivity contribution >= 4 is 12.0 Å². The Morgan fingerprint density at radius 1 is 1.09 bits per heavy atom. The Bertz CT molecular complexity index is 426. The molecule has 0 aromatic carbocycles. The monoisotopic (exact) mass is 329 g/mol. The van der Waals surface area contributed by atoms with Gasteiger partial charge in [-0.2, -0.15) is 0 Å². The molecule has 1 atom stereocenters. The van der Waals surface area contributed by atoms with Gasteiger partial charge < -0.3 is 25.0 Å². The van der Waals surface area contributed by atoms with E-state index in [4.69, 9.17) is 15.2 Å². The summed E-state index contributed by atoms with van der Waals surface area (Å²) in [7, 11) is 0. The highest BCUT2D eigenvalue weighted by Crippen LogP contribution is 2.15. The second-order valence-corrected chi connectivity index (χ2v) is 7.80. The Morgan fingerprint density at radius 3 is 2.17 bits per heavy atom. The lowest BCUT2D eigenvalue weighted by molar-refractivity contribution is -0.145. The molecule has 7 nitrogen and oxygen atoms in total. The molecular formula is C16H31N3O4. The molecule has 1 saturated heterocycles. The first-order valence-corrected chi connectivity index (χ1v) is 8.04. The molecule has 23 heavy (non-hydrogen) atoms. The average Bonchev–Trinajstić information content (AvgIpc) is 2.41. The number of hydrogen-bond acceptors (Lipinski definition) is 5. The van der Waals surface area contributed by atoms with Crippen LogP contribution in [0, 0.1) is 0 Å². The van der Waals surface area contributed by atoms with Gasteiger partial charge in [0.1, 0.15) is 12.2 Å². The van der Waals surface area contributed by atoms with Crippen LogP contribution in [-0.2, 0) is 14.3 Å². The van der Waals surface area contributed by atoms with E-state index in [1.807, 2.05) is 41.5 Å². The summed E-state index contributed by atoms with van der Waals surface area (Å²) in [4.78, 5) is 27.8. The van der Waals surface area contributed by atoms with Gasteiger partial charge in [0.15, 0.2) is 0 Å². The minimum atomic E-state index is -0.539. The predicted molar refractivity (Wildman–Crippen MR) is 88.1 cm³/mol. The van der Waals surface area contributed by atoms with Crippen LogP contribution in [0.4, 0.5) is 4.79 Å². The van der Waals surface area contributed by atoms with Crippen LogP contribution in [0.3, 0.4) is 0 Å². The third-order valence-corrected chi connectivity index (χ3v) is 3.36. The maximum absolute atomic E-state index is 12.3. The van der Waals surface area contributed by atoms with E-state index in [0.717, 1.165) is 0 Å². The van der Waals surface area contributed by atoms with Crippen LogP contribution >= 0.6 is 0 Å². The van der Waals surface area contributed by atoms with Gasteiger partial charge in [-0.15, -0.1) is 0 Å². The molecule has 7 heteroatoms. The van der Waals surface area contributed by atoms with Gasteiger partial charge in [0.05, 0.1) is 11.6 Å². The van der Waals surface area contributed by atoms with Crippen LogP contribution < -0.4 is 5.73 Å². The second kappa shape index (κ2) is 7.49. The second-order valence-electron chi connectivity index (χ2n) is 7.80. The molecule has 1 unspecified atom stereocenters. The largest absolute Gasteiger partial charge is 0.444 e. The first-order chi connectivity index (χ1) is 10.4. The number of ether oxygens (including phenoxy) is 2. The zero-order valence-corrected chi connectivity index (χ0v) is 15.2. The minimum absolute atomic E-state index is 0.0203. The van der Waals surface area contributed by atoms with Crippen LogP contribution in [0.15, 0.2) is 0 Å². The number of carbonyl (C=O) groups is 2. The van der Waals surface area contributed by atoms with E-state index < -0.39 is 5.60 Å². The topological polar surface area (TPSA) is 85.1 Å². The van der Waals surface area contributed by atoms with Crippen LogP contribution in [0.2, 0.25) is 0 Å². The van der Waals surface area contributed by atoms with E-state index in [1.165, 1.54) is 0 Å². The van der Waals surface area contributed by atoms with Gasteiger partial charge in [0, 0.05) is 26.2 Å². The predicted octanol–water partition coefficient (Wildman–Crippen LogP) is 1.21. The lowest BCUT2D eigenvalue weighted by atomic mass is 10.1. The summed E-state index contributed by atoms with van der Waals surface area (Å²) in [5.41, 5.74) is 4.88. The zero-order chi connectivity index (χ0) is 17.8. The standard InChI is InChI=1S/C16H31N3O4/c1-15(2,3)22-11-13(20)19-8-7-18(10-12(19)9-17)14(21)23-16(4,5)6/h12H,7-11,17H2,1-6H3. The first-order valence-electron chi connectivity index (χ1n) is 8.04. The Labute approximate surface area is 139 Å². The van der Waals surface area contributed by atoms with Gasteiger partial charge >= 0.3 is 6.09 Å².